The molecule has 0 aliphatic rings. The zero-order valence-electron chi connectivity index (χ0n) is 16.4. The van der Waals surface area contributed by atoms with Crippen LogP contribution in [-0.4, -0.2) is 20.4 Å². The number of nitrogens with one attached hydrogen (secondary N) is 2. The Morgan fingerprint density at radius 3 is 2.23 bits per heavy atom. The summed E-state index contributed by atoms with van der Waals surface area (Å²) in [4.78, 5) is 12.4. The summed E-state index contributed by atoms with van der Waals surface area (Å²) in [5.41, 5.74) is 1.90. The first-order chi connectivity index (χ1) is 14.2. The number of rotatable bonds is 7. The van der Waals surface area contributed by atoms with Crippen molar-refractivity contribution in [3.05, 3.63) is 83.4 Å². The fourth-order valence-corrected chi connectivity index (χ4v) is 3.82. The Kier molecular flexibility index (Phi) is 6.64. The number of sulfonamides is 1. The van der Waals surface area contributed by atoms with Crippen molar-refractivity contribution in [2.45, 2.75) is 24.8 Å². The van der Waals surface area contributed by atoms with E-state index in [2.05, 4.69) is 10.0 Å². The highest BCUT2D eigenvalue weighted by Crippen LogP contribution is 2.20. The predicted molar refractivity (Wildman–Crippen MR) is 119 cm³/mol. The van der Waals surface area contributed by atoms with Crippen molar-refractivity contribution in [3.8, 4) is 5.75 Å². The van der Waals surface area contributed by atoms with E-state index < -0.39 is 16.1 Å². The van der Waals surface area contributed by atoms with Crippen LogP contribution >= 0.6 is 11.6 Å². The number of aryl methyl sites for hydroxylation is 1. The fourth-order valence-electron chi connectivity index (χ4n) is 2.64. The van der Waals surface area contributed by atoms with Gasteiger partial charge in [0.25, 0.3) is 15.9 Å². The van der Waals surface area contributed by atoms with E-state index in [1.807, 2.05) is 25.1 Å². The molecular weight excluding hydrogens is 424 g/mol. The zero-order chi connectivity index (χ0) is 21.7. The molecule has 0 aliphatic carbocycles. The first kappa shape index (κ1) is 21.7. The number of halogens is 1. The van der Waals surface area contributed by atoms with Crippen LogP contribution in [-0.2, 0) is 14.8 Å². The van der Waals surface area contributed by atoms with Crippen molar-refractivity contribution >= 4 is 38.9 Å². The highest BCUT2D eigenvalue weighted by atomic mass is 35.5. The molecule has 156 valence electrons. The molecule has 0 unspecified atom stereocenters. The Balaban J connectivity index is 1.63. The molecule has 0 aromatic heterocycles. The highest BCUT2D eigenvalue weighted by Gasteiger charge is 2.17. The first-order valence-corrected chi connectivity index (χ1v) is 11.0. The van der Waals surface area contributed by atoms with Gasteiger partial charge in [-0.2, -0.15) is 0 Å². The molecule has 0 bridgehead atoms. The van der Waals surface area contributed by atoms with Crippen LogP contribution in [0.15, 0.2) is 77.7 Å². The second-order valence-corrected chi connectivity index (χ2v) is 8.82. The number of anilines is 2. The number of ether oxygens (including phenoxy) is 1. The molecule has 0 heterocycles. The van der Waals surface area contributed by atoms with Crippen molar-refractivity contribution in [1.82, 2.24) is 0 Å². The van der Waals surface area contributed by atoms with Gasteiger partial charge in [-0.05, 0) is 80.1 Å². The van der Waals surface area contributed by atoms with E-state index in [1.54, 1.807) is 37.3 Å². The Hall–Kier alpha value is -3.03. The molecule has 0 saturated heterocycles. The smallest absolute Gasteiger partial charge is 0.265 e. The zero-order valence-corrected chi connectivity index (χ0v) is 18.0. The van der Waals surface area contributed by atoms with E-state index in [0.29, 0.717) is 22.1 Å². The molecule has 1 amide bonds. The summed E-state index contributed by atoms with van der Waals surface area (Å²) in [6.07, 6.45) is -0.721. The molecular formula is C22H21ClN2O4S. The molecule has 30 heavy (non-hydrogen) atoms. The first-order valence-electron chi connectivity index (χ1n) is 9.15. The molecule has 0 aliphatic heterocycles. The molecule has 0 saturated carbocycles. The lowest BCUT2D eigenvalue weighted by Gasteiger charge is -2.15. The van der Waals surface area contributed by atoms with Gasteiger partial charge in [0, 0.05) is 16.4 Å². The number of amides is 1. The van der Waals surface area contributed by atoms with Gasteiger partial charge in [-0.1, -0.05) is 23.7 Å². The predicted octanol–water partition coefficient (Wildman–Crippen LogP) is 4.86. The summed E-state index contributed by atoms with van der Waals surface area (Å²) in [6, 6.07) is 19.6. The van der Waals surface area contributed by atoms with E-state index in [0.717, 1.165) is 5.56 Å². The van der Waals surface area contributed by atoms with Gasteiger partial charge in [0.05, 0.1) is 4.90 Å². The minimum Gasteiger partial charge on any atom is -0.481 e. The lowest BCUT2D eigenvalue weighted by atomic mass is 10.2. The average molecular weight is 445 g/mol. The van der Waals surface area contributed by atoms with E-state index in [1.165, 1.54) is 24.3 Å². The minimum atomic E-state index is -3.76. The third-order valence-corrected chi connectivity index (χ3v) is 5.85. The normalized spacial score (nSPS) is 12.1. The molecule has 0 radical (unpaired) electrons. The quantitative estimate of drug-likeness (QED) is 0.545. The number of benzene rings is 3. The Labute approximate surface area is 180 Å². The summed E-state index contributed by atoms with van der Waals surface area (Å²) in [5.74, 6) is 0.263. The van der Waals surface area contributed by atoms with Crippen molar-refractivity contribution in [1.29, 1.82) is 0 Å². The van der Waals surface area contributed by atoms with Crippen LogP contribution in [0.3, 0.4) is 0 Å². The number of hydrogen-bond acceptors (Lipinski definition) is 4. The standard InChI is InChI=1S/C22H21ClN2O4S/c1-15-4-3-5-20(14-15)29-16(2)22(26)24-18-10-12-21(13-11-18)30(27,28)25-19-8-6-17(23)7-9-19/h3-14,16,25H,1-2H3,(H,24,26)/t16-/m1/s1. The Morgan fingerprint density at radius 1 is 0.967 bits per heavy atom. The van der Waals surface area contributed by atoms with Gasteiger partial charge < -0.3 is 10.1 Å². The van der Waals surface area contributed by atoms with Crippen molar-refractivity contribution in [3.63, 3.8) is 0 Å². The van der Waals surface area contributed by atoms with Gasteiger partial charge in [-0.25, -0.2) is 8.42 Å². The SMILES string of the molecule is Cc1cccc(O[C@H](C)C(=O)Nc2ccc(S(=O)(=O)Nc3ccc(Cl)cc3)cc2)c1. The van der Waals surface area contributed by atoms with E-state index in [4.69, 9.17) is 16.3 Å². The van der Waals surface area contributed by atoms with Crippen molar-refractivity contribution in [2.24, 2.45) is 0 Å². The summed E-state index contributed by atoms with van der Waals surface area (Å²) in [5, 5.41) is 3.23. The van der Waals surface area contributed by atoms with Gasteiger partial charge in [0.2, 0.25) is 0 Å². The minimum absolute atomic E-state index is 0.0690. The maximum Gasteiger partial charge on any atom is 0.265 e. The van der Waals surface area contributed by atoms with Crippen LogP contribution in [0.5, 0.6) is 5.75 Å². The van der Waals surface area contributed by atoms with Crippen molar-refractivity contribution < 1.29 is 17.9 Å². The lowest BCUT2D eigenvalue weighted by molar-refractivity contribution is -0.122. The third kappa shape index (κ3) is 5.75. The number of carbonyl (C=O) groups excluding carboxylic acids is 1. The molecule has 0 fully saturated rings. The van der Waals surface area contributed by atoms with Crippen LogP contribution < -0.4 is 14.8 Å². The molecule has 3 aromatic carbocycles. The molecule has 6 nitrogen and oxygen atoms in total. The van der Waals surface area contributed by atoms with Crippen LogP contribution in [0, 0.1) is 6.92 Å². The Morgan fingerprint density at radius 2 is 1.60 bits per heavy atom. The second-order valence-electron chi connectivity index (χ2n) is 6.70. The summed E-state index contributed by atoms with van der Waals surface area (Å²) in [7, 11) is -3.76. The van der Waals surface area contributed by atoms with Gasteiger partial charge in [-0.15, -0.1) is 0 Å². The number of hydrogen-bond donors (Lipinski definition) is 2. The van der Waals surface area contributed by atoms with Crippen LogP contribution in [0.25, 0.3) is 0 Å². The van der Waals surface area contributed by atoms with E-state index in [-0.39, 0.29) is 10.8 Å². The largest absolute Gasteiger partial charge is 0.481 e. The van der Waals surface area contributed by atoms with E-state index >= 15 is 0 Å². The molecule has 3 aromatic rings. The van der Waals surface area contributed by atoms with Gasteiger partial charge in [-0.3, -0.25) is 9.52 Å². The van der Waals surface area contributed by atoms with E-state index in [9.17, 15) is 13.2 Å². The maximum atomic E-state index is 12.5. The molecule has 2 N–H and O–H groups in total. The van der Waals surface area contributed by atoms with Crippen LogP contribution in [0.4, 0.5) is 11.4 Å². The summed E-state index contributed by atoms with van der Waals surface area (Å²) in [6.45, 7) is 3.58. The van der Waals surface area contributed by atoms with Gasteiger partial charge in [0.1, 0.15) is 5.75 Å². The summed E-state index contributed by atoms with van der Waals surface area (Å²) >= 11 is 5.81. The van der Waals surface area contributed by atoms with Crippen LogP contribution in [0.1, 0.15) is 12.5 Å². The second kappa shape index (κ2) is 9.19. The average Bonchev–Trinajstić information content (AvgIpc) is 2.70. The fraction of sp³-hybridized carbons (Fsp3) is 0.136. The topological polar surface area (TPSA) is 84.5 Å². The number of carbonyl (C=O) groups is 1. The van der Waals surface area contributed by atoms with Gasteiger partial charge in [0.15, 0.2) is 6.10 Å². The van der Waals surface area contributed by atoms with Gasteiger partial charge >= 0.3 is 0 Å². The highest BCUT2D eigenvalue weighted by molar-refractivity contribution is 7.92. The Bertz CT molecular complexity index is 1130. The summed E-state index contributed by atoms with van der Waals surface area (Å²) < 4.78 is 33.1. The van der Waals surface area contributed by atoms with Crippen molar-refractivity contribution in [2.75, 3.05) is 10.0 Å². The third-order valence-electron chi connectivity index (χ3n) is 4.20. The molecule has 8 heteroatoms. The molecule has 0 spiro atoms. The molecule has 3 rings (SSSR count). The molecule has 1 atom stereocenters. The monoisotopic (exact) mass is 444 g/mol. The maximum absolute atomic E-state index is 12.5. The van der Waals surface area contributed by atoms with Crippen LogP contribution in [0.2, 0.25) is 5.02 Å². The lowest BCUT2D eigenvalue weighted by Crippen LogP contribution is -2.30.